The van der Waals surface area contributed by atoms with Crippen molar-refractivity contribution in [3.63, 3.8) is 0 Å². The molecule has 0 spiro atoms. The lowest BCUT2D eigenvalue weighted by atomic mass is 10.1. The Morgan fingerprint density at radius 2 is 2.19 bits per heavy atom. The van der Waals surface area contributed by atoms with Crippen molar-refractivity contribution >= 4 is 51.8 Å². The van der Waals surface area contributed by atoms with Gasteiger partial charge < -0.3 is 20.9 Å². The van der Waals surface area contributed by atoms with E-state index in [1.807, 2.05) is 0 Å². The maximum absolute atomic E-state index is 12.1. The van der Waals surface area contributed by atoms with Crippen LogP contribution in [-0.2, 0) is 20.9 Å². The first-order valence-corrected chi connectivity index (χ1v) is 8.75. The van der Waals surface area contributed by atoms with Gasteiger partial charge in [-0.15, -0.1) is 0 Å². The molecule has 0 aliphatic rings. The Morgan fingerprint density at radius 1 is 1.46 bits per heavy atom. The first-order valence-electron chi connectivity index (χ1n) is 7.12. The van der Waals surface area contributed by atoms with E-state index in [0.29, 0.717) is 21.8 Å². The number of rotatable bonds is 7. The quantitative estimate of drug-likeness (QED) is 0.115. The fraction of sp³-hybridized carbons (Fsp3) is 0.133. The maximum atomic E-state index is 12.1. The Morgan fingerprint density at radius 3 is 2.85 bits per heavy atom. The van der Waals surface area contributed by atoms with E-state index in [0.717, 1.165) is 6.26 Å². The second kappa shape index (κ2) is 8.87. The molecule has 0 saturated carbocycles. The molecule has 0 fully saturated rings. The minimum absolute atomic E-state index is 0.173. The number of carbonyl (C=O) groups is 2. The zero-order valence-corrected chi connectivity index (χ0v) is 16.1. The van der Waals surface area contributed by atoms with Gasteiger partial charge in [0, 0.05) is 11.8 Å². The van der Waals surface area contributed by atoms with E-state index in [4.69, 9.17) is 32.9 Å². The zero-order chi connectivity index (χ0) is 19.3. The number of aromatic nitrogens is 2. The van der Waals surface area contributed by atoms with Gasteiger partial charge in [-0.05, 0) is 40.3 Å². The van der Waals surface area contributed by atoms with E-state index in [-0.39, 0.29) is 12.2 Å². The Bertz CT molecular complexity index is 852. The van der Waals surface area contributed by atoms with Gasteiger partial charge in [-0.3, -0.25) is 20.0 Å². The van der Waals surface area contributed by atoms with Crippen LogP contribution >= 0.6 is 34.2 Å². The van der Waals surface area contributed by atoms with Gasteiger partial charge in [0.25, 0.3) is 5.91 Å². The molecule has 2 rings (SSSR count). The molecule has 0 aliphatic heterocycles. The van der Waals surface area contributed by atoms with Crippen LogP contribution in [0.5, 0.6) is 0 Å². The monoisotopic (exact) mass is 491 g/mol. The highest BCUT2D eigenvalue weighted by atomic mass is 127. The molecule has 1 atom stereocenters. The summed E-state index contributed by atoms with van der Waals surface area (Å²) in [5.41, 5.74) is 12.5. The lowest BCUT2D eigenvalue weighted by molar-refractivity contribution is -0.137. The van der Waals surface area contributed by atoms with Gasteiger partial charge in [-0.2, -0.15) is 5.10 Å². The minimum Gasteiger partial charge on any atom is -0.480 e. The van der Waals surface area contributed by atoms with E-state index in [1.165, 1.54) is 10.9 Å². The van der Waals surface area contributed by atoms with Crippen LogP contribution in [0.25, 0.3) is 11.1 Å². The number of amides is 1. The van der Waals surface area contributed by atoms with Crippen LogP contribution in [-0.4, -0.2) is 31.0 Å². The van der Waals surface area contributed by atoms with Gasteiger partial charge in [-0.25, -0.2) is 0 Å². The summed E-state index contributed by atoms with van der Waals surface area (Å²) >= 11 is 7.91. The van der Waals surface area contributed by atoms with E-state index in [1.54, 1.807) is 47.0 Å². The molecule has 0 saturated heterocycles. The number of carboxylic acids is 1. The van der Waals surface area contributed by atoms with Crippen LogP contribution in [0.15, 0.2) is 42.6 Å². The molecule has 6 N–H and O–H groups in total. The smallest absolute Gasteiger partial charge is 0.325 e. The van der Waals surface area contributed by atoms with E-state index in [2.05, 4.69) is 10.4 Å². The summed E-state index contributed by atoms with van der Waals surface area (Å²) in [5.74, 6) is -1.61. The summed E-state index contributed by atoms with van der Waals surface area (Å²) in [6.07, 6.45) is 4.15. The fourth-order valence-electron chi connectivity index (χ4n) is 1.92. The molecule has 0 aliphatic carbocycles. The standard InChI is InChI=1S/C15H15ClIN5O4/c16-10-2-1-8(9-4-20-22(5-9)6-13(23)24)3-12(10)21-14(25)11(18)7-26-15(17)19/h1-5,7,15H,6,18-19H2,(H,21,25)(H,23,24)/b11-7-. The Kier molecular flexibility index (Phi) is 6.83. The highest BCUT2D eigenvalue weighted by Crippen LogP contribution is 2.29. The number of carboxylic acid groups (broad SMARTS) is 1. The number of hydrogen-bond donors (Lipinski definition) is 4. The SMILES string of the molecule is N/C(=C\OC(N)I)C(=O)Nc1cc(-c2cnn(CC(=O)O)c2)ccc1Cl. The van der Waals surface area contributed by atoms with E-state index >= 15 is 0 Å². The van der Waals surface area contributed by atoms with Gasteiger partial charge in [0.15, 0.2) is 4.23 Å². The van der Waals surface area contributed by atoms with Crippen molar-refractivity contribution in [3.8, 4) is 11.1 Å². The maximum Gasteiger partial charge on any atom is 0.325 e. The Hall–Kier alpha value is -2.31. The largest absolute Gasteiger partial charge is 0.480 e. The molecule has 26 heavy (non-hydrogen) atoms. The number of nitrogens with zero attached hydrogens (tertiary/aromatic N) is 2. The topological polar surface area (TPSA) is 145 Å². The van der Waals surface area contributed by atoms with Crippen molar-refractivity contribution < 1.29 is 19.4 Å². The first kappa shape index (κ1) is 20.0. The highest BCUT2D eigenvalue weighted by molar-refractivity contribution is 14.1. The summed E-state index contributed by atoms with van der Waals surface area (Å²) in [6.45, 7) is -0.253. The zero-order valence-electron chi connectivity index (χ0n) is 13.2. The van der Waals surface area contributed by atoms with Crippen molar-refractivity contribution in [2.45, 2.75) is 10.8 Å². The molecular formula is C15H15ClIN5O4. The second-order valence-corrected chi connectivity index (χ2v) is 6.66. The third-order valence-electron chi connectivity index (χ3n) is 3.07. The van der Waals surface area contributed by atoms with Crippen LogP contribution in [0.2, 0.25) is 5.02 Å². The number of hydrogen-bond acceptors (Lipinski definition) is 6. The van der Waals surface area contributed by atoms with Gasteiger partial charge in [0.05, 0.1) is 16.9 Å². The Balaban J connectivity index is 2.19. The molecule has 1 heterocycles. The number of benzene rings is 1. The van der Waals surface area contributed by atoms with Gasteiger partial charge in [0.2, 0.25) is 0 Å². The van der Waals surface area contributed by atoms with Crippen LogP contribution in [0, 0.1) is 0 Å². The van der Waals surface area contributed by atoms with Gasteiger partial charge in [0.1, 0.15) is 18.5 Å². The first-order chi connectivity index (χ1) is 12.3. The number of ether oxygens (including phenoxy) is 1. The third-order valence-corrected chi connectivity index (χ3v) is 3.69. The normalized spacial score (nSPS) is 12.5. The second-order valence-electron chi connectivity index (χ2n) is 5.03. The number of carbonyl (C=O) groups excluding carboxylic acids is 1. The molecule has 2 aromatic rings. The average molecular weight is 492 g/mol. The van der Waals surface area contributed by atoms with E-state index in [9.17, 15) is 9.59 Å². The van der Waals surface area contributed by atoms with Gasteiger partial charge in [-0.1, -0.05) is 17.7 Å². The van der Waals surface area contributed by atoms with Crippen LogP contribution in [0.4, 0.5) is 5.69 Å². The molecule has 1 unspecified atom stereocenters. The van der Waals surface area contributed by atoms with Crippen molar-refractivity contribution in [2.75, 3.05) is 5.32 Å². The molecule has 1 aromatic carbocycles. The van der Waals surface area contributed by atoms with Crippen molar-refractivity contribution in [3.05, 3.63) is 47.6 Å². The number of aliphatic carboxylic acids is 1. The number of nitrogens with two attached hydrogens (primary N) is 2. The van der Waals surface area contributed by atoms with Crippen molar-refractivity contribution in [1.29, 1.82) is 0 Å². The molecule has 0 radical (unpaired) electrons. The van der Waals surface area contributed by atoms with Crippen molar-refractivity contribution in [2.24, 2.45) is 11.5 Å². The van der Waals surface area contributed by atoms with Gasteiger partial charge >= 0.3 is 5.97 Å². The summed E-state index contributed by atoms with van der Waals surface area (Å²) in [7, 11) is 0. The summed E-state index contributed by atoms with van der Waals surface area (Å²) in [6, 6.07) is 4.94. The summed E-state index contributed by atoms with van der Waals surface area (Å²) in [4.78, 5) is 22.8. The third kappa shape index (κ3) is 5.61. The molecule has 9 nitrogen and oxygen atoms in total. The van der Waals surface area contributed by atoms with Crippen LogP contribution in [0.1, 0.15) is 0 Å². The lowest BCUT2D eigenvalue weighted by Gasteiger charge is -2.10. The number of nitrogens with one attached hydrogen (secondary N) is 1. The Labute approximate surface area is 167 Å². The average Bonchev–Trinajstić information content (AvgIpc) is 3.02. The lowest BCUT2D eigenvalue weighted by Crippen LogP contribution is -2.22. The van der Waals surface area contributed by atoms with Crippen LogP contribution < -0.4 is 16.8 Å². The number of anilines is 1. The predicted octanol–water partition coefficient (Wildman–Crippen LogP) is 1.72. The highest BCUT2D eigenvalue weighted by Gasteiger charge is 2.12. The number of alkyl halides is 1. The van der Waals surface area contributed by atoms with Crippen molar-refractivity contribution in [1.82, 2.24) is 9.78 Å². The van der Waals surface area contributed by atoms with E-state index < -0.39 is 16.1 Å². The molecule has 0 bridgehead atoms. The summed E-state index contributed by atoms with van der Waals surface area (Å²) < 4.78 is 5.60. The fourth-order valence-corrected chi connectivity index (χ4v) is 2.24. The number of halogens is 2. The predicted molar refractivity (Wildman–Crippen MR) is 104 cm³/mol. The molecular weight excluding hydrogens is 477 g/mol. The molecule has 1 aromatic heterocycles. The molecule has 138 valence electrons. The minimum atomic E-state index is -1.00. The van der Waals surface area contributed by atoms with Crippen LogP contribution in [0.3, 0.4) is 0 Å². The molecule has 11 heteroatoms. The summed E-state index contributed by atoms with van der Waals surface area (Å²) in [5, 5.41) is 15.6. The molecule has 1 amide bonds.